The molecule has 64 valence electrons. The molecule has 0 saturated carbocycles. The summed E-state index contributed by atoms with van der Waals surface area (Å²) >= 11 is 0. The van der Waals surface area contributed by atoms with Gasteiger partial charge in [-0.1, -0.05) is 19.8 Å². The first-order valence-electron chi connectivity index (χ1n) is 2.97. The van der Waals surface area contributed by atoms with E-state index in [1.165, 1.54) is 0 Å². The fourth-order valence-electron chi connectivity index (χ4n) is 0.519. The zero-order valence-electron chi connectivity index (χ0n) is 6.62. The Labute approximate surface area is 79.7 Å². The second-order valence-corrected chi connectivity index (χ2v) is 1.83. The van der Waals surface area contributed by atoms with Crippen LogP contribution in [0.5, 0.6) is 0 Å². The third-order valence-electron chi connectivity index (χ3n) is 0.984. The van der Waals surface area contributed by atoms with Gasteiger partial charge in [-0.05, 0) is 12.8 Å². The number of carbonyl (C=O) groups is 1. The molecular formula is C6H13GaO4. The molecule has 0 spiro atoms. The summed E-state index contributed by atoms with van der Waals surface area (Å²) in [6.07, 6.45) is 3.04. The van der Waals surface area contributed by atoms with E-state index in [0.29, 0.717) is 0 Å². The number of aliphatic carboxylic acids is 1. The van der Waals surface area contributed by atoms with Crippen LogP contribution in [0.15, 0.2) is 0 Å². The molecule has 0 saturated heterocycles. The molecule has 0 aromatic rings. The van der Waals surface area contributed by atoms with E-state index in [9.17, 15) is 9.90 Å². The molecule has 0 atom stereocenters. The van der Waals surface area contributed by atoms with Crippen LogP contribution < -0.4 is 5.11 Å². The Hall–Kier alpha value is 0.0264. The summed E-state index contributed by atoms with van der Waals surface area (Å²) in [6.45, 7) is 2.04. The third kappa shape index (κ3) is 25.6. The van der Waals surface area contributed by atoms with Crippen molar-refractivity contribution in [3.05, 3.63) is 0 Å². The van der Waals surface area contributed by atoms with Gasteiger partial charge in [0.2, 0.25) is 0 Å². The SMILES string of the molecule is CCCCCC(=O)[O-].[Ga+3].[OH-].[OH-]. The minimum absolute atomic E-state index is 0. The zero-order valence-corrected chi connectivity index (χ0v) is 9.04. The second kappa shape index (κ2) is 16.5. The van der Waals surface area contributed by atoms with Gasteiger partial charge in [0.25, 0.3) is 0 Å². The fraction of sp³-hybridized carbons (Fsp3) is 0.833. The Balaban J connectivity index is -0.0000000817. The maximum absolute atomic E-state index is 9.76. The van der Waals surface area contributed by atoms with Crippen molar-refractivity contribution >= 4 is 25.8 Å². The molecule has 0 aliphatic heterocycles. The van der Waals surface area contributed by atoms with Gasteiger partial charge in [-0.3, -0.25) is 0 Å². The Bertz CT molecular complexity index is 77.0. The molecule has 0 radical (unpaired) electrons. The molecule has 0 unspecified atom stereocenters. The van der Waals surface area contributed by atoms with Gasteiger partial charge >= 0.3 is 19.8 Å². The van der Waals surface area contributed by atoms with Crippen molar-refractivity contribution in [1.82, 2.24) is 0 Å². The maximum Gasteiger partial charge on any atom is 3.00 e. The average molecular weight is 219 g/mol. The van der Waals surface area contributed by atoms with Gasteiger partial charge in [0.05, 0.1) is 0 Å². The summed E-state index contributed by atoms with van der Waals surface area (Å²) in [5.74, 6) is -0.932. The van der Waals surface area contributed by atoms with Gasteiger partial charge < -0.3 is 20.9 Å². The van der Waals surface area contributed by atoms with Crippen LogP contribution in [0.3, 0.4) is 0 Å². The summed E-state index contributed by atoms with van der Waals surface area (Å²) in [5.41, 5.74) is 0. The standard InChI is InChI=1S/C6H12O2.Ga.2H2O/c1-2-3-4-5-6(7)8;;;/h2-5H2,1H3,(H,7,8);;2*1H2/q;+3;;/p-3. The molecule has 0 fully saturated rings. The largest absolute Gasteiger partial charge is 3.00 e. The van der Waals surface area contributed by atoms with Gasteiger partial charge in [0, 0.05) is 5.97 Å². The molecule has 0 bridgehead atoms. The van der Waals surface area contributed by atoms with E-state index >= 15 is 0 Å². The summed E-state index contributed by atoms with van der Waals surface area (Å²) in [5, 5.41) is 9.76. The molecule has 0 heterocycles. The normalized spacial score (nSPS) is 6.64. The summed E-state index contributed by atoms with van der Waals surface area (Å²) in [4.78, 5) is 9.76. The molecule has 0 aromatic heterocycles. The molecule has 4 nitrogen and oxygen atoms in total. The first-order valence-corrected chi connectivity index (χ1v) is 2.97. The molecule has 5 heteroatoms. The van der Waals surface area contributed by atoms with Gasteiger partial charge in [-0.25, -0.2) is 0 Å². The van der Waals surface area contributed by atoms with E-state index in [4.69, 9.17) is 0 Å². The van der Waals surface area contributed by atoms with Crippen LogP contribution in [0.2, 0.25) is 0 Å². The molecular weight excluding hydrogens is 206 g/mol. The van der Waals surface area contributed by atoms with Crippen molar-refractivity contribution in [3.8, 4) is 0 Å². The smallest absolute Gasteiger partial charge is 0.870 e. The molecule has 0 aliphatic carbocycles. The Morgan fingerprint density at radius 1 is 1.27 bits per heavy atom. The Morgan fingerprint density at radius 2 is 1.73 bits per heavy atom. The van der Waals surface area contributed by atoms with Crippen LogP contribution in [0.25, 0.3) is 0 Å². The molecule has 11 heavy (non-hydrogen) atoms. The minimum Gasteiger partial charge on any atom is -0.870 e. The summed E-state index contributed by atoms with van der Waals surface area (Å²) in [6, 6.07) is 0. The quantitative estimate of drug-likeness (QED) is 0.473. The van der Waals surface area contributed by atoms with Gasteiger partial charge in [-0.2, -0.15) is 0 Å². The van der Waals surface area contributed by atoms with E-state index < -0.39 is 5.97 Å². The number of hydrogen-bond donors (Lipinski definition) is 0. The molecule has 0 rings (SSSR count). The first-order chi connectivity index (χ1) is 3.77. The number of hydrogen-bond acceptors (Lipinski definition) is 4. The topological polar surface area (TPSA) is 100 Å². The van der Waals surface area contributed by atoms with Gasteiger partial charge in [0.1, 0.15) is 0 Å². The van der Waals surface area contributed by atoms with Crippen molar-refractivity contribution in [3.63, 3.8) is 0 Å². The third-order valence-corrected chi connectivity index (χ3v) is 0.984. The van der Waals surface area contributed by atoms with E-state index in [0.717, 1.165) is 19.3 Å². The van der Waals surface area contributed by atoms with Crippen LogP contribution in [0, 0.1) is 0 Å². The van der Waals surface area contributed by atoms with Crippen molar-refractivity contribution in [2.24, 2.45) is 0 Å². The van der Waals surface area contributed by atoms with Crippen LogP contribution in [0.1, 0.15) is 32.6 Å². The number of rotatable bonds is 4. The fourth-order valence-corrected chi connectivity index (χ4v) is 0.519. The van der Waals surface area contributed by atoms with Gasteiger partial charge in [0.15, 0.2) is 0 Å². The number of carbonyl (C=O) groups excluding carboxylic acids is 1. The van der Waals surface area contributed by atoms with E-state index in [2.05, 4.69) is 0 Å². The molecule has 0 aromatic carbocycles. The van der Waals surface area contributed by atoms with E-state index in [-0.39, 0.29) is 37.2 Å². The van der Waals surface area contributed by atoms with E-state index in [1.54, 1.807) is 0 Å². The average Bonchev–Trinajstić information content (AvgIpc) is 1.66. The monoisotopic (exact) mass is 218 g/mol. The zero-order chi connectivity index (χ0) is 6.41. The predicted molar refractivity (Wildman–Crippen MR) is 38.8 cm³/mol. The van der Waals surface area contributed by atoms with Gasteiger partial charge in [-0.15, -0.1) is 0 Å². The summed E-state index contributed by atoms with van der Waals surface area (Å²) < 4.78 is 0. The minimum atomic E-state index is -0.932. The predicted octanol–water partition coefficient (Wildman–Crippen LogP) is -0.418. The number of unbranched alkanes of at least 4 members (excludes halogenated alkanes) is 2. The Kier molecular flexibility index (Phi) is 33.8. The maximum atomic E-state index is 9.76. The number of carboxylic acid groups (broad SMARTS) is 1. The van der Waals surface area contributed by atoms with Crippen molar-refractivity contribution in [2.75, 3.05) is 0 Å². The Morgan fingerprint density at radius 3 is 2.00 bits per heavy atom. The van der Waals surface area contributed by atoms with Crippen LogP contribution in [-0.4, -0.2) is 36.7 Å². The summed E-state index contributed by atoms with van der Waals surface area (Å²) in [7, 11) is 0. The van der Waals surface area contributed by atoms with Crippen molar-refractivity contribution in [2.45, 2.75) is 32.6 Å². The van der Waals surface area contributed by atoms with Crippen LogP contribution >= 0.6 is 0 Å². The van der Waals surface area contributed by atoms with Crippen LogP contribution in [0.4, 0.5) is 0 Å². The van der Waals surface area contributed by atoms with Crippen LogP contribution in [-0.2, 0) is 4.79 Å². The van der Waals surface area contributed by atoms with Crippen molar-refractivity contribution in [1.29, 1.82) is 0 Å². The molecule has 0 amide bonds. The molecule has 2 N–H and O–H groups in total. The second-order valence-electron chi connectivity index (χ2n) is 1.83. The molecule has 0 aliphatic rings. The first kappa shape index (κ1) is 22.5. The van der Waals surface area contributed by atoms with Crippen molar-refractivity contribution < 1.29 is 20.9 Å². The van der Waals surface area contributed by atoms with E-state index in [1.807, 2.05) is 6.92 Å². The number of carboxylic acids is 1.